The molecule has 2 aromatic heterocycles. The summed E-state index contributed by atoms with van der Waals surface area (Å²) in [5.41, 5.74) is 0.966. The second kappa shape index (κ2) is 7.37. The Morgan fingerprint density at radius 1 is 1.08 bits per heavy atom. The number of pyridine rings is 1. The van der Waals surface area contributed by atoms with Gasteiger partial charge in [0.25, 0.3) is 0 Å². The predicted octanol–water partition coefficient (Wildman–Crippen LogP) is 5.07. The molecule has 5 nitrogen and oxygen atoms in total. The maximum atomic E-state index is 12.1. The van der Waals surface area contributed by atoms with Crippen LogP contribution in [0.3, 0.4) is 0 Å². The minimum absolute atomic E-state index is 0.115. The summed E-state index contributed by atoms with van der Waals surface area (Å²) in [6, 6.07) is 6.42. The Morgan fingerprint density at radius 3 is 2.58 bits per heavy atom. The van der Waals surface area contributed by atoms with Crippen molar-refractivity contribution >= 4 is 75.4 Å². The first kappa shape index (κ1) is 17.6. The summed E-state index contributed by atoms with van der Waals surface area (Å²) in [5, 5.41) is 12.9. The van der Waals surface area contributed by atoms with Gasteiger partial charge in [0.05, 0.1) is 26.5 Å². The quantitative estimate of drug-likeness (QED) is 0.597. The topological polar surface area (TPSA) is 59.3 Å². The van der Waals surface area contributed by atoms with Gasteiger partial charge in [0, 0.05) is 11.2 Å². The Morgan fingerprint density at radius 2 is 1.83 bits per heavy atom. The lowest BCUT2D eigenvalue weighted by molar-refractivity contribution is -0.113. The number of carbonyl (C=O) groups excluding carboxylic acids is 1. The molecule has 2 heterocycles. The van der Waals surface area contributed by atoms with Crippen LogP contribution in [0.5, 0.6) is 0 Å². The first-order chi connectivity index (χ1) is 11.4. The summed E-state index contributed by atoms with van der Waals surface area (Å²) in [7, 11) is 0. The smallest absolute Gasteiger partial charge is 0.234 e. The highest BCUT2D eigenvalue weighted by Gasteiger charge is 2.13. The van der Waals surface area contributed by atoms with Crippen molar-refractivity contribution in [3.63, 3.8) is 0 Å². The van der Waals surface area contributed by atoms with Crippen LogP contribution in [-0.4, -0.2) is 26.3 Å². The van der Waals surface area contributed by atoms with Gasteiger partial charge in [-0.1, -0.05) is 58.2 Å². The van der Waals surface area contributed by atoms with Crippen molar-refractivity contribution in [3.05, 3.63) is 50.6 Å². The van der Waals surface area contributed by atoms with Crippen LogP contribution < -0.4 is 5.32 Å². The summed E-state index contributed by atoms with van der Waals surface area (Å²) in [4.78, 5) is 12.1. The molecule has 0 radical (unpaired) electrons. The van der Waals surface area contributed by atoms with E-state index in [1.165, 1.54) is 11.8 Å². The Kier molecular flexibility index (Phi) is 5.42. The van der Waals surface area contributed by atoms with Crippen LogP contribution in [0.15, 0.2) is 35.6 Å². The maximum Gasteiger partial charge on any atom is 0.234 e. The van der Waals surface area contributed by atoms with Crippen molar-refractivity contribution in [1.29, 1.82) is 0 Å². The molecule has 0 spiro atoms. The molecule has 0 fully saturated rings. The lowest BCUT2D eigenvalue weighted by Crippen LogP contribution is -2.14. The van der Waals surface area contributed by atoms with Crippen molar-refractivity contribution in [2.75, 3.05) is 11.1 Å². The molecule has 0 aliphatic rings. The van der Waals surface area contributed by atoms with E-state index in [1.54, 1.807) is 34.9 Å². The number of thioether (sulfide) groups is 1. The SMILES string of the molecule is O=C(CSc1nnc2c(Cl)cc(Cl)cn12)Nc1ccc(Cl)cc1Cl. The van der Waals surface area contributed by atoms with Gasteiger partial charge in [-0.2, -0.15) is 0 Å². The van der Waals surface area contributed by atoms with E-state index >= 15 is 0 Å². The van der Waals surface area contributed by atoms with Crippen molar-refractivity contribution in [2.45, 2.75) is 5.16 Å². The molecule has 1 amide bonds. The van der Waals surface area contributed by atoms with Crippen molar-refractivity contribution in [1.82, 2.24) is 14.6 Å². The second-order valence-electron chi connectivity index (χ2n) is 4.64. The molecular formula is C14H8Cl4N4OS. The number of benzene rings is 1. The van der Waals surface area contributed by atoms with E-state index in [1.807, 2.05) is 0 Å². The van der Waals surface area contributed by atoms with Gasteiger partial charge in [-0.25, -0.2) is 0 Å². The molecule has 24 heavy (non-hydrogen) atoms. The van der Waals surface area contributed by atoms with Crippen molar-refractivity contribution < 1.29 is 4.79 Å². The van der Waals surface area contributed by atoms with Crippen LogP contribution in [0.2, 0.25) is 20.1 Å². The molecule has 3 aromatic rings. The summed E-state index contributed by atoms with van der Waals surface area (Å²) in [6.07, 6.45) is 1.64. The Bertz CT molecular complexity index is 931. The Balaban J connectivity index is 1.70. The highest BCUT2D eigenvalue weighted by atomic mass is 35.5. The number of fused-ring (bicyclic) bond motifs is 1. The van der Waals surface area contributed by atoms with E-state index in [2.05, 4.69) is 15.5 Å². The molecule has 1 aromatic carbocycles. The maximum absolute atomic E-state index is 12.1. The van der Waals surface area contributed by atoms with Gasteiger partial charge in [-0.3, -0.25) is 9.20 Å². The van der Waals surface area contributed by atoms with Gasteiger partial charge >= 0.3 is 0 Å². The number of hydrogen-bond donors (Lipinski definition) is 1. The van der Waals surface area contributed by atoms with Crippen molar-refractivity contribution in [2.24, 2.45) is 0 Å². The minimum Gasteiger partial charge on any atom is -0.324 e. The number of anilines is 1. The molecule has 3 rings (SSSR count). The number of aromatic nitrogens is 3. The molecule has 0 bridgehead atoms. The van der Waals surface area contributed by atoms with Crippen LogP contribution in [0.4, 0.5) is 5.69 Å². The van der Waals surface area contributed by atoms with Gasteiger partial charge in [-0.15, -0.1) is 10.2 Å². The third kappa shape index (κ3) is 3.90. The van der Waals surface area contributed by atoms with Crippen LogP contribution in [0.1, 0.15) is 0 Å². The molecule has 0 saturated heterocycles. The number of carbonyl (C=O) groups is 1. The lowest BCUT2D eigenvalue weighted by atomic mass is 10.3. The number of nitrogens with zero attached hydrogens (tertiary/aromatic N) is 3. The van der Waals surface area contributed by atoms with Gasteiger partial charge in [0.2, 0.25) is 5.91 Å². The zero-order chi connectivity index (χ0) is 17.3. The Labute approximate surface area is 161 Å². The molecule has 124 valence electrons. The van der Waals surface area contributed by atoms with Gasteiger partial charge < -0.3 is 5.32 Å². The molecular weight excluding hydrogens is 414 g/mol. The van der Waals surface area contributed by atoms with Gasteiger partial charge in [0.15, 0.2) is 10.8 Å². The van der Waals surface area contributed by atoms with Crippen LogP contribution in [0, 0.1) is 0 Å². The fourth-order valence-electron chi connectivity index (χ4n) is 1.91. The van der Waals surface area contributed by atoms with Crippen LogP contribution in [-0.2, 0) is 4.79 Å². The number of amides is 1. The molecule has 0 unspecified atom stereocenters. The van der Waals surface area contributed by atoms with E-state index in [0.29, 0.717) is 36.6 Å². The Hall–Kier alpha value is -1.18. The zero-order valence-corrected chi connectivity index (χ0v) is 15.6. The van der Waals surface area contributed by atoms with Crippen LogP contribution in [0.25, 0.3) is 5.65 Å². The van der Waals surface area contributed by atoms with Crippen LogP contribution >= 0.6 is 58.2 Å². The lowest BCUT2D eigenvalue weighted by Gasteiger charge is -2.07. The summed E-state index contributed by atoms with van der Waals surface area (Å²) < 4.78 is 1.64. The molecule has 1 N–H and O–H groups in total. The summed E-state index contributed by atoms with van der Waals surface area (Å²) >= 11 is 25.1. The standard InChI is InChI=1S/C14H8Cl4N4OS/c15-7-1-2-11(9(17)3-7)19-12(23)6-24-14-21-20-13-10(18)4-8(16)5-22(13)14/h1-5H,6H2,(H,19,23). The minimum atomic E-state index is -0.242. The molecule has 0 aliphatic heterocycles. The predicted molar refractivity (Wildman–Crippen MR) is 98.8 cm³/mol. The first-order valence-corrected chi connectivity index (χ1v) is 9.01. The van der Waals surface area contributed by atoms with E-state index in [0.717, 1.165) is 0 Å². The molecule has 0 aliphatic carbocycles. The average Bonchev–Trinajstić information content (AvgIpc) is 2.91. The number of nitrogens with one attached hydrogen (secondary N) is 1. The molecule has 10 heteroatoms. The third-order valence-electron chi connectivity index (χ3n) is 2.93. The normalized spacial score (nSPS) is 11.0. The zero-order valence-electron chi connectivity index (χ0n) is 11.8. The van der Waals surface area contributed by atoms with E-state index in [4.69, 9.17) is 46.4 Å². The summed E-state index contributed by atoms with van der Waals surface area (Å²) in [6.45, 7) is 0. The van der Waals surface area contributed by atoms with Crippen molar-refractivity contribution in [3.8, 4) is 0 Å². The third-order valence-corrected chi connectivity index (χ3v) is 4.91. The fourth-order valence-corrected chi connectivity index (χ4v) is 3.58. The average molecular weight is 422 g/mol. The van der Waals surface area contributed by atoms with Gasteiger partial charge in [0.1, 0.15) is 0 Å². The molecule has 0 saturated carbocycles. The number of halogens is 4. The number of rotatable bonds is 4. The highest BCUT2D eigenvalue weighted by Crippen LogP contribution is 2.27. The number of hydrogen-bond acceptors (Lipinski definition) is 4. The largest absolute Gasteiger partial charge is 0.324 e. The highest BCUT2D eigenvalue weighted by molar-refractivity contribution is 7.99. The summed E-state index contributed by atoms with van der Waals surface area (Å²) in [5.74, 6) is -0.127. The van der Waals surface area contributed by atoms with Gasteiger partial charge in [-0.05, 0) is 24.3 Å². The molecule has 0 atom stereocenters. The van der Waals surface area contributed by atoms with E-state index < -0.39 is 0 Å². The first-order valence-electron chi connectivity index (χ1n) is 6.51. The van der Waals surface area contributed by atoms with E-state index in [9.17, 15) is 4.79 Å². The fraction of sp³-hybridized carbons (Fsp3) is 0.0714. The second-order valence-corrected chi connectivity index (χ2v) is 7.27. The van der Waals surface area contributed by atoms with E-state index in [-0.39, 0.29) is 11.7 Å². The monoisotopic (exact) mass is 420 g/mol.